The average molecular weight is 279 g/mol. The summed E-state index contributed by atoms with van der Waals surface area (Å²) in [4.78, 5) is 0. The van der Waals surface area contributed by atoms with Gasteiger partial charge in [0.15, 0.2) is 0 Å². The van der Waals surface area contributed by atoms with Crippen molar-refractivity contribution in [3.8, 4) is 0 Å². The van der Waals surface area contributed by atoms with Crippen LogP contribution in [0.2, 0.25) is 0 Å². The molecular weight excluding hydrogens is 250 g/mol. The number of hydrogen-bond donors (Lipinski definition) is 1. The summed E-state index contributed by atoms with van der Waals surface area (Å²) in [5.41, 5.74) is -0.0325. The highest BCUT2D eigenvalue weighted by molar-refractivity contribution is 5.06. The Morgan fingerprint density at radius 1 is 1.50 bits per heavy atom. The summed E-state index contributed by atoms with van der Waals surface area (Å²) >= 11 is 0. The van der Waals surface area contributed by atoms with E-state index in [1.54, 1.807) is 6.26 Å². The standard InChI is InChI=1S/C17H29NO2/c1-4-18-16(12-15-9-7-11-19-15)17(20-5-2)10-6-8-14(3)13-17/h7,9,11,14,16,18H,4-6,8,10,12-13H2,1-3H3. The van der Waals surface area contributed by atoms with Crippen molar-refractivity contribution in [2.24, 2.45) is 5.92 Å². The minimum absolute atomic E-state index is 0.0325. The summed E-state index contributed by atoms with van der Waals surface area (Å²) in [6, 6.07) is 4.37. The van der Waals surface area contributed by atoms with Crippen LogP contribution < -0.4 is 5.32 Å². The van der Waals surface area contributed by atoms with Gasteiger partial charge in [0.05, 0.1) is 11.9 Å². The Kier molecular flexibility index (Phi) is 5.67. The van der Waals surface area contributed by atoms with Crippen molar-refractivity contribution in [2.45, 2.75) is 64.5 Å². The summed E-state index contributed by atoms with van der Waals surface area (Å²) < 4.78 is 11.9. The van der Waals surface area contributed by atoms with Crippen molar-refractivity contribution in [3.63, 3.8) is 0 Å². The molecule has 114 valence electrons. The van der Waals surface area contributed by atoms with Crippen LogP contribution in [0, 0.1) is 5.92 Å². The van der Waals surface area contributed by atoms with Gasteiger partial charge in [-0.2, -0.15) is 0 Å². The first-order valence-corrected chi connectivity index (χ1v) is 8.10. The van der Waals surface area contributed by atoms with Gasteiger partial charge in [0.2, 0.25) is 0 Å². The second kappa shape index (κ2) is 7.28. The van der Waals surface area contributed by atoms with Gasteiger partial charge < -0.3 is 14.5 Å². The van der Waals surface area contributed by atoms with E-state index in [4.69, 9.17) is 9.15 Å². The number of ether oxygens (including phenoxy) is 1. The molecule has 1 heterocycles. The summed E-state index contributed by atoms with van der Waals surface area (Å²) in [6.45, 7) is 8.38. The second-order valence-corrected chi connectivity index (χ2v) is 6.09. The van der Waals surface area contributed by atoms with E-state index in [0.717, 1.165) is 44.1 Å². The Morgan fingerprint density at radius 2 is 2.35 bits per heavy atom. The predicted molar refractivity (Wildman–Crippen MR) is 81.9 cm³/mol. The lowest BCUT2D eigenvalue weighted by molar-refractivity contribution is -0.101. The minimum atomic E-state index is -0.0325. The van der Waals surface area contributed by atoms with Gasteiger partial charge >= 0.3 is 0 Å². The molecule has 0 aliphatic heterocycles. The first-order valence-electron chi connectivity index (χ1n) is 8.10. The molecular formula is C17H29NO2. The zero-order chi connectivity index (χ0) is 14.4. The Morgan fingerprint density at radius 3 is 2.95 bits per heavy atom. The molecule has 0 amide bonds. The van der Waals surface area contributed by atoms with Crippen LogP contribution >= 0.6 is 0 Å². The van der Waals surface area contributed by atoms with E-state index in [9.17, 15) is 0 Å². The molecule has 0 saturated heterocycles. The predicted octanol–water partition coefficient (Wildman–Crippen LogP) is 3.79. The lowest BCUT2D eigenvalue weighted by Gasteiger charge is -2.45. The summed E-state index contributed by atoms with van der Waals surface area (Å²) in [6.07, 6.45) is 7.57. The quantitative estimate of drug-likeness (QED) is 0.824. The van der Waals surface area contributed by atoms with E-state index >= 15 is 0 Å². The molecule has 1 aliphatic rings. The fourth-order valence-electron chi connectivity index (χ4n) is 3.70. The maximum Gasteiger partial charge on any atom is 0.105 e. The Hall–Kier alpha value is -0.800. The van der Waals surface area contributed by atoms with Gasteiger partial charge in [-0.05, 0) is 44.4 Å². The normalized spacial score (nSPS) is 28.4. The molecule has 0 radical (unpaired) electrons. The van der Waals surface area contributed by atoms with Crippen LogP contribution in [-0.2, 0) is 11.2 Å². The van der Waals surface area contributed by atoms with Crippen LogP contribution in [0.25, 0.3) is 0 Å². The molecule has 0 spiro atoms. The Labute approximate surface area is 123 Å². The highest BCUT2D eigenvalue weighted by atomic mass is 16.5. The third-order valence-electron chi connectivity index (χ3n) is 4.49. The van der Waals surface area contributed by atoms with Crippen LogP contribution in [0.5, 0.6) is 0 Å². The highest BCUT2D eigenvalue weighted by Gasteiger charge is 2.42. The lowest BCUT2D eigenvalue weighted by Crippen LogP contribution is -2.55. The Bertz CT molecular complexity index is 372. The average Bonchev–Trinajstić information content (AvgIpc) is 2.91. The van der Waals surface area contributed by atoms with Gasteiger partial charge in [-0.3, -0.25) is 0 Å². The molecule has 0 bridgehead atoms. The zero-order valence-electron chi connectivity index (χ0n) is 13.2. The number of hydrogen-bond acceptors (Lipinski definition) is 3. The summed E-state index contributed by atoms with van der Waals surface area (Å²) in [5, 5.41) is 3.65. The van der Waals surface area contributed by atoms with Gasteiger partial charge in [-0.25, -0.2) is 0 Å². The molecule has 3 heteroatoms. The minimum Gasteiger partial charge on any atom is -0.469 e. The third-order valence-corrected chi connectivity index (χ3v) is 4.49. The highest BCUT2D eigenvalue weighted by Crippen LogP contribution is 2.38. The molecule has 1 saturated carbocycles. The number of furan rings is 1. The molecule has 3 unspecified atom stereocenters. The lowest BCUT2D eigenvalue weighted by atomic mass is 9.73. The van der Waals surface area contributed by atoms with Crippen LogP contribution in [0.1, 0.15) is 52.2 Å². The van der Waals surface area contributed by atoms with Gasteiger partial charge in [0, 0.05) is 19.1 Å². The molecule has 1 aliphatic carbocycles. The monoisotopic (exact) mass is 279 g/mol. The van der Waals surface area contributed by atoms with E-state index < -0.39 is 0 Å². The number of rotatable bonds is 7. The molecule has 1 N–H and O–H groups in total. The van der Waals surface area contributed by atoms with E-state index in [-0.39, 0.29) is 5.60 Å². The largest absolute Gasteiger partial charge is 0.469 e. The molecule has 2 rings (SSSR count). The topological polar surface area (TPSA) is 34.4 Å². The molecule has 1 fully saturated rings. The van der Waals surface area contributed by atoms with Crippen molar-refractivity contribution in [1.29, 1.82) is 0 Å². The zero-order valence-corrected chi connectivity index (χ0v) is 13.2. The first kappa shape index (κ1) is 15.6. The number of nitrogens with one attached hydrogen (secondary N) is 1. The van der Waals surface area contributed by atoms with Crippen LogP contribution in [0.4, 0.5) is 0 Å². The van der Waals surface area contributed by atoms with Crippen LogP contribution in [-0.4, -0.2) is 24.8 Å². The van der Waals surface area contributed by atoms with Crippen molar-refractivity contribution in [3.05, 3.63) is 24.2 Å². The van der Waals surface area contributed by atoms with Crippen LogP contribution in [0.3, 0.4) is 0 Å². The van der Waals surface area contributed by atoms with Gasteiger partial charge in [-0.15, -0.1) is 0 Å². The van der Waals surface area contributed by atoms with E-state index in [1.807, 2.05) is 6.07 Å². The molecule has 1 aromatic rings. The Balaban J connectivity index is 2.17. The maximum absolute atomic E-state index is 6.30. The second-order valence-electron chi connectivity index (χ2n) is 6.09. The van der Waals surface area contributed by atoms with Crippen molar-refractivity contribution < 1.29 is 9.15 Å². The molecule has 0 aromatic carbocycles. The number of likely N-dealkylation sites (N-methyl/N-ethyl adjacent to an activating group) is 1. The fraction of sp³-hybridized carbons (Fsp3) is 0.765. The SMILES string of the molecule is CCNC(Cc1ccco1)C1(OCC)CCCC(C)C1. The van der Waals surface area contributed by atoms with Crippen molar-refractivity contribution in [2.75, 3.05) is 13.2 Å². The third kappa shape index (κ3) is 3.64. The van der Waals surface area contributed by atoms with Crippen LogP contribution in [0.15, 0.2) is 22.8 Å². The smallest absolute Gasteiger partial charge is 0.105 e. The molecule has 20 heavy (non-hydrogen) atoms. The van der Waals surface area contributed by atoms with E-state index in [2.05, 4.69) is 32.2 Å². The van der Waals surface area contributed by atoms with E-state index in [0.29, 0.717) is 6.04 Å². The maximum atomic E-state index is 6.30. The summed E-state index contributed by atoms with van der Waals surface area (Å²) in [5.74, 6) is 1.79. The van der Waals surface area contributed by atoms with E-state index in [1.165, 1.54) is 12.8 Å². The van der Waals surface area contributed by atoms with Crippen molar-refractivity contribution in [1.82, 2.24) is 5.32 Å². The van der Waals surface area contributed by atoms with Gasteiger partial charge in [0.25, 0.3) is 0 Å². The first-order chi connectivity index (χ1) is 9.70. The fourth-order valence-corrected chi connectivity index (χ4v) is 3.70. The summed E-state index contributed by atoms with van der Waals surface area (Å²) in [7, 11) is 0. The molecule has 3 nitrogen and oxygen atoms in total. The van der Waals surface area contributed by atoms with Crippen molar-refractivity contribution >= 4 is 0 Å². The molecule has 3 atom stereocenters. The van der Waals surface area contributed by atoms with Gasteiger partial charge in [-0.1, -0.05) is 26.7 Å². The molecule has 1 aromatic heterocycles. The van der Waals surface area contributed by atoms with Gasteiger partial charge in [0.1, 0.15) is 5.76 Å².